The van der Waals surface area contributed by atoms with Crippen LogP contribution in [0.25, 0.3) is 0 Å². The molecule has 0 radical (unpaired) electrons. The van der Waals surface area contributed by atoms with Crippen LogP contribution < -0.4 is 5.32 Å². The first-order valence-electron chi connectivity index (χ1n) is 9.53. The number of carbonyl (C=O) groups is 1. The lowest BCUT2D eigenvalue weighted by Gasteiger charge is -2.32. The zero-order valence-corrected chi connectivity index (χ0v) is 17.1. The number of aryl methyl sites for hydroxylation is 1. The SMILES string of the molecule is CCC(Cc1ccc(C)cc1)N(C)C(=O)CC(C)C1CCCNC1.Cl. The molecule has 0 spiro atoms. The van der Waals surface area contributed by atoms with Gasteiger partial charge in [0.25, 0.3) is 0 Å². The van der Waals surface area contributed by atoms with Crippen molar-refractivity contribution in [1.82, 2.24) is 10.2 Å². The summed E-state index contributed by atoms with van der Waals surface area (Å²) in [4.78, 5) is 14.7. The first kappa shape index (κ1) is 22.0. The van der Waals surface area contributed by atoms with E-state index in [-0.39, 0.29) is 18.4 Å². The molecule has 1 aliphatic heterocycles. The molecule has 3 unspecified atom stereocenters. The maximum absolute atomic E-state index is 12.7. The summed E-state index contributed by atoms with van der Waals surface area (Å²) < 4.78 is 0. The van der Waals surface area contributed by atoms with Crippen molar-refractivity contribution in [2.24, 2.45) is 11.8 Å². The van der Waals surface area contributed by atoms with Gasteiger partial charge in [-0.15, -0.1) is 12.4 Å². The number of carbonyl (C=O) groups excluding carboxylic acids is 1. The number of piperidine rings is 1. The molecule has 0 aliphatic carbocycles. The predicted octanol–water partition coefficient (Wildman–Crippen LogP) is 4.22. The molecule has 142 valence electrons. The summed E-state index contributed by atoms with van der Waals surface area (Å²) in [5.74, 6) is 1.41. The number of halogens is 1. The van der Waals surface area contributed by atoms with Crippen LogP contribution in [0.3, 0.4) is 0 Å². The Kier molecular flexibility index (Phi) is 9.52. The van der Waals surface area contributed by atoms with E-state index in [1.54, 1.807) is 0 Å². The third-order valence-electron chi connectivity index (χ3n) is 5.64. The monoisotopic (exact) mass is 366 g/mol. The Morgan fingerprint density at radius 1 is 1.32 bits per heavy atom. The van der Waals surface area contributed by atoms with Gasteiger partial charge in [-0.05, 0) is 63.1 Å². The van der Waals surface area contributed by atoms with Gasteiger partial charge in [0, 0.05) is 19.5 Å². The van der Waals surface area contributed by atoms with Crippen LogP contribution in [0.1, 0.15) is 50.7 Å². The van der Waals surface area contributed by atoms with E-state index < -0.39 is 0 Å². The van der Waals surface area contributed by atoms with E-state index in [1.807, 2.05) is 11.9 Å². The second-order valence-corrected chi connectivity index (χ2v) is 7.54. The van der Waals surface area contributed by atoms with Gasteiger partial charge >= 0.3 is 0 Å². The number of hydrogen-bond acceptors (Lipinski definition) is 2. The van der Waals surface area contributed by atoms with E-state index in [4.69, 9.17) is 0 Å². The van der Waals surface area contributed by atoms with Crippen LogP contribution in [0, 0.1) is 18.8 Å². The van der Waals surface area contributed by atoms with Crippen LogP contribution in [0.15, 0.2) is 24.3 Å². The molecule has 0 bridgehead atoms. The van der Waals surface area contributed by atoms with E-state index >= 15 is 0 Å². The molecule has 1 heterocycles. The minimum absolute atomic E-state index is 0. The molecule has 0 aromatic heterocycles. The summed E-state index contributed by atoms with van der Waals surface area (Å²) in [6, 6.07) is 8.97. The van der Waals surface area contributed by atoms with Crippen molar-refractivity contribution in [3.63, 3.8) is 0 Å². The van der Waals surface area contributed by atoms with Gasteiger partial charge in [0.1, 0.15) is 0 Å². The first-order valence-corrected chi connectivity index (χ1v) is 9.53. The molecule has 0 saturated carbocycles. The molecule has 1 saturated heterocycles. The quantitative estimate of drug-likeness (QED) is 0.783. The van der Waals surface area contributed by atoms with Crippen LogP contribution >= 0.6 is 12.4 Å². The van der Waals surface area contributed by atoms with Crippen LogP contribution in [0.2, 0.25) is 0 Å². The molecule has 3 atom stereocenters. The number of rotatable bonds is 7. The van der Waals surface area contributed by atoms with Crippen molar-refractivity contribution in [3.05, 3.63) is 35.4 Å². The Hall–Kier alpha value is -1.06. The van der Waals surface area contributed by atoms with Gasteiger partial charge in [-0.1, -0.05) is 43.7 Å². The van der Waals surface area contributed by atoms with E-state index in [9.17, 15) is 4.79 Å². The average molecular weight is 367 g/mol. The Morgan fingerprint density at radius 2 is 2.00 bits per heavy atom. The largest absolute Gasteiger partial charge is 0.342 e. The van der Waals surface area contributed by atoms with Gasteiger partial charge in [-0.2, -0.15) is 0 Å². The van der Waals surface area contributed by atoms with Crippen molar-refractivity contribution in [1.29, 1.82) is 0 Å². The van der Waals surface area contributed by atoms with Gasteiger partial charge < -0.3 is 10.2 Å². The summed E-state index contributed by atoms with van der Waals surface area (Å²) in [6.07, 6.45) is 5.11. The highest BCUT2D eigenvalue weighted by Crippen LogP contribution is 2.24. The second kappa shape index (κ2) is 10.8. The number of benzene rings is 1. The molecule has 1 fully saturated rings. The highest BCUT2D eigenvalue weighted by molar-refractivity contribution is 5.85. The zero-order valence-electron chi connectivity index (χ0n) is 16.3. The van der Waals surface area contributed by atoms with Crippen molar-refractivity contribution >= 4 is 18.3 Å². The van der Waals surface area contributed by atoms with Gasteiger partial charge in [0.05, 0.1) is 0 Å². The van der Waals surface area contributed by atoms with Gasteiger partial charge in [-0.25, -0.2) is 0 Å². The fourth-order valence-corrected chi connectivity index (χ4v) is 3.71. The highest BCUT2D eigenvalue weighted by Gasteiger charge is 2.25. The molecule has 1 aliphatic rings. The summed E-state index contributed by atoms with van der Waals surface area (Å²) >= 11 is 0. The fourth-order valence-electron chi connectivity index (χ4n) is 3.71. The van der Waals surface area contributed by atoms with E-state index in [0.29, 0.717) is 24.2 Å². The standard InChI is InChI=1S/C21H34N2O.ClH/c1-5-20(14-18-10-8-16(2)9-11-18)23(4)21(24)13-17(3)19-7-6-12-22-15-19;/h8-11,17,19-20,22H,5-7,12-15H2,1-4H3;1H. The minimum Gasteiger partial charge on any atom is -0.342 e. The van der Waals surface area contributed by atoms with E-state index in [0.717, 1.165) is 25.9 Å². The van der Waals surface area contributed by atoms with Crippen molar-refractivity contribution in [2.75, 3.05) is 20.1 Å². The molecule has 3 nitrogen and oxygen atoms in total. The molecule has 4 heteroatoms. The molecule has 25 heavy (non-hydrogen) atoms. The topological polar surface area (TPSA) is 32.3 Å². The molecule has 1 amide bonds. The maximum Gasteiger partial charge on any atom is 0.222 e. The van der Waals surface area contributed by atoms with Crippen LogP contribution in [0.4, 0.5) is 0 Å². The molecule has 1 N–H and O–H groups in total. The van der Waals surface area contributed by atoms with Crippen LogP contribution in [-0.2, 0) is 11.2 Å². The number of amides is 1. The molecular formula is C21H35ClN2O. The number of hydrogen-bond donors (Lipinski definition) is 1. The number of nitrogens with one attached hydrogen (secondary N) is 1. The third kappa shape index (κ3) is 6.63. The number of likely N-dealkylation sites (N-methyl/N-ethyl adjacent to an activating group) is 1. The van der Waals surface area contributed by atoms with Crippen molar-refractivity contribution in [2.45, 2.75) is 58.9 Å². The predicted molar refractivity (Wildman–Crippen MR) is 108 cm³/mol. The summed E-state index contributed by atoms with van der Waals surface area (Å²) in [6.45, 7) is 8.73. The molecule has 2 rings (SSSR count). The van der Waals surface area contributed by atoms with Gasteiger partial charge in [-0.3, -0.25) is 4.79 Å². The highest BCUT2D eigenvalue weighted by atomic mass is 35.5. The van der Waals surface area contributed by atoms with E-state index in [1.165, 1.54) is 24.0 Å². The first-order chi connectivity index (χ1) is 11.5. The molecular weight excluding hydrogens is 332 g/mol. The lowest BCUT2D eigenvalue weighted by Crippen LogP contribution is -2.40. The van der Waals surface area contributed by atoms with Crippen LogP contribution in [-0.4, -0.2) is 37.0 Å². The maximum atomic E-state index is 12.7. The van der Waals surface area contributed by atoms with Gasteiger partial charge in [0.2, 0.25) is 5.91 Å². The summed E-state index contributed by atoms with van der Waals surface area (Å²) in [5.41, 5.74) is 2.60. The van der Waals surface area contributed by atoms with Crippen LogP contribution in [0.5, 0.6) is 0 Å². The normalized spacial score (nSPS) is 19.6. The molecule has 1 aromatic carbocycles. The Morgan fingerprint density at radius 3 is 2.56 bits per heavy atom. The summed E-state index contributed by atoms with van der Waals surface area (Å²) in [5, 5.41) is 3.46. The average Bonchev–Trinajstić information content (AvgIpc) is 2.61. The van der Waals surface area contributed by atoms with Gasteiger partial charge in [0.15, 0.2) is 0 Å². The Bertz CT molecular complexity index is 511. The molecule has 1 aromatic rings. The van der Waals surface area contributed by atoms with Crippen molar-refractivity contribution < 1.29 is 4.79 Å². The lowest BCUT2D eigenvalue weighted by molar-refractivity contribution is -0.133. The Labute approximate surface area is 160 Å². The zero-order chi connectivity index (χ0) is 17.5. The van der Waals surface area contributed by atoms with Crippen molar-refractivity contribution in [3.8, 4) is 0 Å². The minimum atomic E-state index is 0. The second-order valence-electron chi connectivity index (χ2n) is 7.54. The lowest BCUT2D eigenvalue weighted by atomic mass is 9.85. The number of nitrogens with zero attached hydrogens (tertiary/aromatic N) is 1. The Balaban J connectivity index is 0.00000312. The smallest absolute Gasteiger partial charge is 0.222 e. The fraction of sp³-hybridized carbons (Fsp3) is 0.667. The third-order valence-corrected chi connectivity index (χ3v) is 5.64. The summed E-state index contributed by atoms with van der Waals surface area (Å²) in [7, 11) is 1.98. The van der Waals surface area contributed by atoms with E-state index in [2.05, 4.69) is 50.4 Å².